The molecule has 0 aliphatic carbocycles. The molecular formula is C12H16N6O. The molecular weight excluding hydrogens is 244 g/mol. The summed E-state index contributed by atoms with van der Waals surface area (Å²) in [5.74, 6) is 0.622. The summed E-state index contributed by atoms with van der Waals surface area (Å²) in [4.78, 5) is 11.3. The van der Waals surface area contributed by atoms with E-state index in [1.165, 1.54) is 0 Å². The van der Waals surface area contributed by atoms with Crippen LogP contribution in [-0.4, -0.2) is 39.2 Å². The molecule has 0 atom stereocenters. The molecule has 19 heavy (non-hydrogen) atoms. The Hall–Kier alpha value is -2.28. The Morgan fingerprint density at radius 3 is 2.84 bits per heavy atom. The Morgan fingerprint density at radius 2 is 2.11 bits per heavy atom. The predicted octanol–water partition coefficient (Wildman–Crippen LogP) is -0.112. The second-order valence-electron chi connectivity index (χ2n) is 3.90. The van der Waals surface area contributed by atoms with Gasteiger partial charge in [0.15, 0.2) is 5.82 Å². The standard InChI is InChI=1S/C12H16N6O/c1-2-14-12(19)9-13-8-11-15-16-17-18(11)10-6-4-3-5-7-10/h3-7,13H,2,8-9H2,1H3,(H,14,19). The lowest BCUT2D eigenvalue weighted by molar-refractivity contribution is -0.120. The van der Waals surface area contributed by atoms with Crippen molar-refractivity contribution in [3.8, 4) is 5.69 Å². The molecule has 0 aliphatic rings. The van der Waals surface area contributed by atoms with Crippen molar-refractivity contribution in [2.24, 2.45) is 0 Å². The van der Waals surface area contributed by atoms with Gasteiger partial charge in [-0.1, -0.05) is 18.2 Å². The van der Waals surface area contributed by atoms with Crippen LogP contribution in [0.1, 0.15) is 12.7 Å². The van der Waals surface area contributed by atoms with Crippen molar-refractivity contribution in [2.75, 3.05) is 13.1 Å². The van der Waals surface area contributed by atoms with E-state index in [4.69, 9.17) is 0 Å². The molecule has 7 heteroatoms. The molecule has 100 valence electrons. The lowest BCUT2D eigenvalue weighted by Crippen LogP contribution is -2.33. The average Bonchev–Trinajstić information content (AvgIpc) is 2.88. The summed E-state index contributed by atoms with van der Waals surface area (Å²) >= 11 is 0. The molecule has 0 unspecified atom stereocenters. The molecule has 2 aromatic rings. The molecule has 0 fully saturated rings. The summed E-state index contributed by atoms with van der Waals surface area (Å²) in [5.41, 5.74) is 0.891. The van der Waals surface area contributed by atoms with Gasteiger partial charge >= 0.3 is 0 Å². The first-order valence-corrected chi connectivity index (χ1v) is 6.11. The molecule has 2 N–H and O–H groups in total. The molecule has 0 bridgehead atoms. The Labute approximate surface area is 111 Å². The molecule has 1 aromatic carbocycles. The Bertz CT molecular complexity index is 524. The third-order valence-corrected chi connectivity index (χ3v) is 2.48. The summed E-state index contributed by atoms with van der Waals surface area (Å²) in [6, 6.07) is 9.61. The normalized spacial score (nSPS) is 10.4. The fourth-order valence-electron chi connectivity index (χ4n) is 1.63. The topological polar surface area (TPSA) is 84.7 Å². The van der Waals surface area contributed by atoms with Gasteiger partial charge < -0.3 is 10.6 Å². The monoisotopic (exact) mass is 260 g/mol. The minimum atomic E-state index is -0.0405. The smallest absolute Gasteiger partial charge is 0.233 e. The van der Waals surface area contributed by atoms with E-state index in [1.54, 1.807) is 4.68 Å². The Balaban J connectivity index is 1.95. The fourth-order valence-corrected chi connectivity index (χ4v) is 1.63. The number of carbonyl (C=O) groups is 1. The van der Waals surface area contributed by atoms with E-state index in [2.05, 4.69) is 26.2 Å². The number of hydrogen-bond donors (Lipinski definition) is 2. The largest absolute Gasteiger partial charge is 0.355 e. The molecule has 1 heterocycles. The Kier molecular flexibility index (Phi) is 4.57. The van der Waals surface area contributed by atoms with Crippen LogP contribution in [0.4, 0.5) is 0 Å². The lowest BCUT2D eigenvalue weighted by atomic mass is 10.3. The average molecular weight is 260 g/mol. The van der Waals surface area contributed by atoms with Crippen molar-refractivity contribution in [3.05, 3.63) is 36.2 Å². The minimum absolute atomic E-state index is 0.0405. The summed E-state index contributed by atoms with van der Waals surface area (Å²) < 4.78 is 1.64. The molecule has 0 aliphatic heterocycles. The van der Waals surface area contributed by atoms with E-state index in [-0.39, 0.29) is 12.5 Å². The van der Waals surface area contributed by atoms with Gasteiger partial charge in [0.05, 0.1) is 18.8 Å². The summed E-state index contributed by atoms with van der Waals surface area (Å²) in [6.07, 6.45) is 0. The van der Waals surface area contributed by atoms with Crippen molar-refractivity contribution in [3.63, 3.8) is 0 Å². The highest BCUT2D eigenvalue weighted by atomic mass is 16.1. The second kappa shape index (κ2) is 6.60. The number of benzene rings is 1. The molecule has 0 radical (unpaired) electrons. The summed E-state index contributed by atoms with van der Waals surface area (Å²) in [6.45, 7) is 3.19. The van der Waals surface area contributed by atoms with Gasteiger partial charge in [-0.3, -0.25) is 4.79 Å². The number of tetrazole rings is 1. The number of likely N-dealkylation sites (N-methyl/N-ethyl adjacent to an activating group) is 1. The van der Waals surface area contributed by atoms with E-state index in [0.717, 1.165) is 5.69 Å². The van der Waals surface area contributed by atoms with Gasteiger partial charge in [0.25, 0.3) is 0 Å². The van der Waals surface area contributed by atoms with Gasteiger partial charge in [-0.2, -0.15) is 4.68 Å². The van der Waals surface area contributed by atoms with Crippen LogP contribution in [0.15, 0.2) is 30.3 Å². The number of nitrogens with zero attached hydrogens (tertiary/aromatic N) is 4. The van der Waals surface area contributed by atoms with Crippen molar-refractivity contribution < 1.29 is 4.79 Å². The predicted molar refractivity (Wildman–Crippen MR) is 69.5 cm³/mol. The zero-order valence-corrected chi connectivity index (χ0v) is 10.7. The summed E-state index contributed by atoms with van der Waals surface area (Å²) in [7, 11) is 0. The lowest BCUT2D eigenvalue weighted by Gasteiger charge is -2.06. The van der Waals surface area contributed by atoms with E-state index in [9.17, 15) is 4.79 Å². The number of para-hydroxylation sites is 1. The molecule has 0 saturated heterocycles. The number of rotatable bonds is 6. The van der Waals surface area contributed by atoms with Crippen molar-refractivity contribution in [2.45, 2.75) is 13.5 Å². The fraction of sp³-hybridized carbons (Fsp3) is 0.333. The first-order chi connectivity index (χ1) is 9.31. The quantitative estimate of drug-likeness (QED) is 0.757. The van der Waals surface area contributed by atoms with Gasteiger partial charge in [-0.15, -0.1) is 5.10 Å². The van der Waals surface area contributed by atoms with E-state index in [1.807, 2.05) is 37.3 Å². The molecule has 0 saturated carbocycles. The highest BCUT2D eigenvalue weighted by Crippen LogP contribution is 2.06. The maximum absolute atomic E-state index is 11.3. The first-order valence-electron chi connectivity index (χ1n) is 6.11. The molecule has 2 rings (SSSR count). The van der Waals surface area contributed by atoms with Gasteiger partial charge in [0, 0.05) is 6.54 Å². The van der Waals surface area contributed by atoms with Crippen LogP contribution in [0.2, 0.25) is 0 Å². The maximum atomic E-state index is 11.3. The third kappa shape index (κ3) is 3.59. The number of nitrogens with one attached hydrogen (secondary N) is 2. The van der Waals surface area contributed by atoms with E-state index >= 15 is 0 Å². The first kappa shape index (κ1) is 13.2. The zero-order chi connectivity index (χ0) is 13.5. The van der Waals surface area contributed by atoms with E-state index in [0.29, 0.717) is 18.9 Å². The van der Waals surface area contributed by atoms with Crippen LogP contribution in [0, 0.1) is 0 Å². The van der Waals surface area contributed by atoms with Gasteiger partial charge in [-0.25, -0.2) is 0 Å². The van der Waals surface area contributed by atoms with Crippen molar-refractivity contribution in [1.82, 2.24) is 30.8 Å². The second-order valence-corrected chi connectivity index (χ2v) is 3.90. The molecule has 0 spiro atoms. The van der Waals surface area contributed by atoms with Crippen LogP contribution < -0.4 is 10.6 Å². The number of hydrogen-bond acceptors (Lipinski definition) is 5. The molecule has 7 nitrogen and oxygen atoms in total. The highest BCUT2D eigenvalue weighted by Gasteiger charge is 2.08. The van der Waals surface area contributed by atoms with Gasteiger partial charge in [-0.05, 0) is 29.5 Å². The Morgan fingerprint density at radius 1 is 1.32 bits per heavy atom. The van der Waals surface area contributed by atoms with E-state index < -0.39 is 0 Å². The SMILES string of the molecule is CCNC(=O)CNCc1nnnn1-c1ccccc1. The summed E-state index contributed by atoms with van der Waals surface area (Å²) in [5, 5.41) is 17.3. The van der Waals surface area contributed by atoms with Crippen LogP contribution in [-0.2, 0) is 11.3 Å². The number of aromatic nitrogens is 4. The highest BCUT2D eigenvalue weighted by molar-refractivity contribution is 5.77. The van der Waals surface area contributed by atoms with Crippen LogP contribution in [0.3, 0.4) is 0 Å². The maximum Gasteiger partial charge on any atom is 0.233 e. The zero-order valence-electron chi connectivity index (χ0n) is 10.7. The van der Waals surface area contributed by atoms with Crippen molar-refractivity contribution >= 4 is 5.91 Å². The van der Waals surface area contributed by atoms with Gasteiger partial charge in [0.2, 0.25) is 5.91 Å². The van der Waals surface area contributed by atoms with Gasteiger partial charge in [0.1, 0.15) is 0 Å². The van der Waals surface area contributed by atoms with Crippen LogP contribution in [0.25, 0.3) is 5.69 Å². The molecule has 1 aromatic heterocycles. The molecule has 1 amide bonds. The van der Waals surface area contributed by atoms with Crippen LogP contribution in [0.5, 0.6) is 0 Å². The van der Waals surface area contributed by atoms with Crippen molar-refractivity contribution in [1.29, 1.82) is 0 Å². The van der Waals surface area contributed by atoms with Crippen LogP contribution >= 0.6 is 0 Å². The number of amides is 1. The minimum Gasteiger partial charge on any atom is -0.355 e. The number of carbonyl (C=O) groups excluding carboxylic acids is 1. The third-order valence-electron chi connectivity index (χ3n) is 2.48.